The van der Waals surface area contributed by atoms with E-state index >= 15 is 0 Å². The average molecular weight is 1090 g/mol. The number of benzene rings is 13. The van der Waals surface area contributed by atoms with Gasteiger partial charge < -0.3 is 18.8 Å². The Hall–Kier alpha value is -10.9. The van der Waals surface area contributed by atoms with Crippen molar-refractivity contribution in [2.45, 2.75) is 19.3 Å². The van der Waals surface area contributed by atoms with Gasteiger partial charge in [0.1, 0.15) is 11.2 Å². The fourth-order valence-electron chi connectivity index (χ4n) is 13.5. The molecule has 2 heterocycles. The van der Waals surface area contributed by atoms with Crippen LogP contribution < -0.4 is 9.80 Å². The van der Waals surface area contributed by atoms with Gasteiger partial charge in [-0.2, -0.15) is 0 Å². The van der Waals surface area contributed by atoms with Crippen LogP contribution in [-0.4, -0.2) is 4.57 Å². The third-order valence-corrected chi connectivity index (χ3v) is 17.5. The molecule has 0 aliphatic heterocycles. The maximum absolute atomic E-state index is 7.03. The number of fused-ring (bicyclic) bond motifs is 10. The Kier molecular flexibility index (Phi) is 11.8. The van der Waals surface area contributed by atoms with Crippen molar-refractivity contribution in [3.8, 4) is 61.3 Å². The fraction of sp³-hybridized carbons (Fsp3) is 0.0370. The highest BCUT2D eigenvalue weighted by Crippen LogP contribution is 2.53. The fourth-order valence-corrected chi connectivity index (χ4v) is 13.5. The highest BCUT2D eigenvalue weighted by molar-refractivity contribution is 6.27. The summed E-state index contributed by atoms with van der Waals surface area (Å²) in [5.74, 6) is 0. The van der Waals surface area contributed by atoms with Gasteiger partial charge in [0.05, 0.1) is 16.4 Å². The summed E-state index contributed by atoms with van der Waals surface area (Å²) >= 11 is 0. The summed E-state index contributed by atoms with van der Waals surface area (Å²) in [5.41, 5.74) is 25.5. The smallest absolute Gasteiger partial charge is 0.145 e. The first kappa shape index (κ1) is 49.8. The van der Waals surface area contributed by atoms with Crippen LogP contribution in [-0.2, 0) is 5.41 Å². The molecule has 0 N–H and O–H groups in total. The maximum atomic E-state index is 7.03. The number of para-hydroxylation sites is 5. The first-order valence-corrected chi connectivity index (χ1v) is 29.3. The number of furan rings is 1. The van der Waals surface area contributed by atoms with Gasteiger partial charge in [-0.1, -0.05) is 214 Å². The van der Waals surface area contributed by atoms with Crippen molar-refractivity contribution in [1.29, 1.82) is 0 Å². The number of hydrogen-bond acceptors (Lipinski definition) is 3. The zero-order chi connectivity index (χ0) is 56.6. The van der Waals surface area contributed by atoms with Crippen LogP contribution >= 0.6 is 0 Å². The van der Waals surface area contributed by atoms with E-state index in [4.69, 9.17) is 4.42 Å². The zero-order valence-electron chi connectivity index (χ0n) is 47.2. The van der Waals surface area contributed by atoms with Crippen molar-refractivity contribution in [3.63, 3.8) is 0 Å². The van der Waals surface area contributed by atoms with E-state index in [1.54, 1.807) is 0 Å². The van der Waals surface area contributed by atoms with Crippen LogP contribution in [0.2, 0.25) is 0 Å². The standard InChI is InChI=1S/C81H57N3O/c1-81(2)74-46-42-58(50-72(74)68-45-41-59(51-75(68)81)71-53-73-69-35-18-20-37-76(69)84(63-32-16-7-17-33-63)79(73)78-70-36-19-21-38-77(70)85-80(71)78)60-48-66(82(61-28-12-5-13-29-61)64-43-39-56(40-44-64)54-23-8-3-9-24-54)52-67(49-60)83(62-30-14-6-15-31-62)65-34-22-27-57(47-65)55-25-10-4-11-26-55/h3-53H,1-2H3. The SMILES string of the molecule is CC1(C)c2ccc(-c3cc(N(c4ccccc4)c4ccc(-c5ccccc5)cc4)cc(N(c4ccccc4)c4cccc(-c5ccccc5)c4)c3)cc2-c2ccc(-c3cc4c5ccccc5n(-c5ccccc5)c4c4c3oc3ccccc34)cc21. The highest BCUT2D eigenvalue weighted by Gasteiger charge is 2.36. The minimum Gasteiger partial charge on any atom is -0.455 e. The molecule has 0 atom stereocenters. The molecular weight excluding hydrogens is 1030 g/mol. The van der Waals surface area contributed by atoms with Crippen LogP contribution in [0.1, 0.15) is 25.0 Å². The molecule has 0 saturated heterocycles. The molecule has 15 aromatic rings. The number of rotatable bonds is 11. The van der Waals surface area contributed by atoms with Crippen LogP contribution in [0, 0.1) is 0 Å². The molecule has 4 nitrogen and oxygen atoms in total. The van der Waals surface area contributed by atoms with Crippen molar-refractivity contribution in [2.24, 2.45) is 0 Å². The molecule has 1 aliphatic carbocycles. The molecule has 0 amide bonds. The molecule has 0 saturated carbocycles. The number of anilines is 6. The summed E-state index contributed by atoms with van der Waals surface area (Å²) in [6.45, 7) is 4.77. The molecule has 2 aromatic heterocycles. The summed E-state index contributed by atoms with van der Waals surface area (Å²) in [6.07, 6.45) is 0. The third-order valence-electron chi connectivity index (χ3n) is 17.5. The quantitative estimate of drug-likeness (QED) is 0.129. The van der Waals surface area contributed by atoms with Gasteiger partial charge in [0.25, 0.3) is 0 Å². The van der Waals surface area contributed by atoms with Crippen molar-refractivity contribution in [2.75, 3.05) is 9.80 Å². The molecule has 13 aromatic carbocycles. The molecular formula is C81H57N3O. The maximum Gasteiger partial charge on any atom is 0.145 e. The van der Waals surface area contributed by atoms with Gasteiger partial charge in [0, 0.05) is 66.9 Å². The van der Waals surface area contributed by atoms with Gasteiger partial charge in [-0.15, -0.1) is 0 Å². The van der Waals surface area contributed by atoms with Crippen LogP contribution in [0.3, 0.4) is 0 Å². The molecule has 0 fully saturated rings. The van der Waals surface area contributed by atoms with Crippen molar-refractivity contribution < 1.29 is 4.42 Å². The predicted molar refractivity (Wildman–Crippen MR) is 357 cm³/mol. The Balaban J connectivity index is 0.877. The van der Waals surface area contributed by atoms with E-state index in [9.17, 15) is 0 Å². The number of hydrogen-bond donors (Lipinski definition) is 0. The third kappa shape index (κ3) is 8.44. The molecule has 85 heavy (non-hydrogen) atoms. The highest BCUT2D eigenvalue weighted by atomic mass is 16.3. The first-order valence-electron chi connectivity index (χ1n) is 29.3. The van der Waals surface area contributed by atoms with E-state index in [1.165, 1.54) is 55.2 Å². The molecule has 4 heteroatoms. The monoisotopic (exact) mass is 1090 g/mol. The minimum absolute atomic E-state index is 0.295. The second kappa shape index (κ2) is 20.2. The summed E-state index contributed by atoms with van der Waals surface area (Å²) < 4.78 is 9.44. The second-order valence-electron chi connectivity index (χ2n) is 22.9. The molecule has 1 aliphatic rings. The van der Waals surface area contributed by atoms with Gasteiger partial charge in [-0.05, 0) is 170 Å². The Bertz CT molecular complexity index is 5010. The molecule has 0 radical (unpaired) electrons. The van der Waals surface area contributed by atoms with E-state index in [2.05, 4.69) is 338 Å². The van der Waals surface area contributed by atoms with Crippen LogP contribution in [0.5, 0.6) is 0 Å². The number of nitrogens with zero attached hydrogens (tertiary/aromatic N) is 3. The summed E-state index contributed by atoms with van der Waals surface area (Å²) in [4.78, 5) is 4.80. The van der Waals surface area contributed by atoms with Crippen molar-refractivity contribution >= 4 is 77.9 Å². The zero-order valence-corrected chi connectivity index (χ0v) is 47.2. The number of aromatic nitrogens is 1. The second-order valence-corrected chi connectivity index (χ2v) is 22.9. The van der Waals surface area contributed by atoms with E-state index in [0.29, 0.717) is 0 Å². The Morgan fingerprint density at radius 1 is 0.306 bits per heavy atom. The Morgan fingerprint density at radius 2 is 0.812 bits per heavy atom. The minimum atomic E-state index is -0.295. The van der Waals surface area contributed by atoms with Gasteiger partial charge in [0.2, 0.25) is 0 Å². The lowest BCUT2D eigenvalue weighted by atomic mass is 9.81. The summed E-state index contributed by atoms with van der Waals surface area (Å²) in [7, 11) is 0. The Labute approximate surface area is 495 Å². The largest absolute Gasteiger partial charge is 0.455 e. The molecule has 0 spiro atoms. The molecule has 0 bridgehead atoms. The average Bonchev–Trinajstić information content (AvgIpc) is 1.63. The molecule has 402 valence electrons. The lowest BCUT2D eigenvalue weighted by molar-refractivity contribution is 0.660. The van der Waals surface area contributed by atoms with E-state index in [1.807, 2.05) is 0 Å². The van der Waals surface area contributed by atoms with E-state index < -0.39 is 0 Å². The lowest BCUT2D eigenvalue weighted by Gasteiger charge is -2.30. The predicted octanol–water partition coefficient (Wildman–Crippen LogP) is 22.6. The van der Waals surface area contributed by atoms with Gasteiger partial charge in [-0.25, -0.2) is 0 Å². The topological polar surface area (TPSA) is 24.6 Å². The van der Waals surface area contributed by atoms with Gasteiger partial charge >= 0.3 is 0 Å². The van der Waals surface area contributed by atoms with Crippen LogP contribution in [0.25, 0.3) is 105 Å². The molecule has 16 rings (SSSR count). The summed E-state index contributed by atoms with van der Waals surface area (Å²) in [6, 6.07) is 113. The van der Waals surface area contributed by atoms with Crippen LogP contribution in [0.15, 0.2) is 314 Å². The summed E-state index contributed by atoms with van der Waals surface area (Å²) in [5, 5.41) is 4.65. The normalized spacial score (nSPS) is 12.4. The van der Waals surface area contributed by atoms with E-state index in [0.717, 1.165) is 95.1 Å². The van der Waals surface area contributed by atoms with Crippen molar-refractivity contribution in [3.05, 3.63) is 321 Å². The van der Waals surface area contributed by atoms with Crippen LogP contribution in [0.4, 0.5) is 34.1 Å². The van der Waals surface area contributed by atoms with E-state index in [-0.39, 0.29) is 5.41 Å². The Morgan fingerprint density at radius 3 is 1.51 bits per heavy atom. The first-order chi connectivity index (χ1) is 41.9. The lowest BCUT2D eigenvalue weighted by Crippen LogP contribution is -2.15. The van der Waals surface area contributed by atoms with Crippen molar-refractivity contribution in [1.82, 2.24) is 4.57 Å². The van der Waals surface area contributed by atoms with Gasteiger partial charge in [0.15, 0.2) is 0 Å². The molecule has 0 unspecified atom stereocenters. The van der Waals surface area contributed by atoms with Gasteiger partial charge in [-0.3, -0.25) is 0 Å².